The normalized spacial score (nSPS) is 12.1. The van der Waals surface area contributed by atoms with Gasteiger partial charge < -0.3 is 9.88 Å². The summed E-state index contributed by atoms with van der Waals surface area (Å²) in [6.07, 6.45) is 3.68. The molecule has 0 aliphatic heterocycles. The Balaban J connectivity index is 1.67. The van der Waals surface area contributed by atoms with Gasteiger partial charge in [-0.25, -0.2) is 4.98 Å². The minimum absolute atomic E-state index is 0.00799. The lowest BCUT2D eigenvalue weighted by Gasteiger charge is -2.21. The van der Waals surface area contributed by atoms with Crippen LogP contribution in [0.15, 0.2) is 60.8 Å². The standard InChI is InChI=1S/C27H29ClN4O/c1-4-24(27(33)30-14-12-21-10-7-8-13-29-21)32-25-16-19(3)18(2)15-23(25)31-26(32)17-20-9-5-6-11-22(20)28/h5-11,13,15-16,24H,4,12,14,17H2,1-3H3,(H,30,33)/t24-/m0/s1. The van der Waals surface area contributed by atoms with E-state index in [0.29, 0.717) is 30.8 Å². The van der Waals surface area contributed by atoms with Crippen LogP contribution in [0.5, 0.6) is 0 Å². The van der Waals surface area contributed by atoms with Gasteiger partial charge in [0.15, 0.2) is 0 Å². The zero-order valence-electron chi connectivity index (χ0n) is 19.3. The predicted molar refractivity (Wildman–Crippen MR) is 134 cm³/mol. The van der Waals surface area contributed by atoms with Crippen molar-refractivity contribution in [1.82, 2.24) is 19.9 Å². The van der Waals surface area contributed by atoms with Crippen LogP contribution in [-0.4, -0.2) is 27.0 Å². The van der Waals surface area contributed by atoms with Crippen LogP contribution < -0.4 is 5.32 Å². The number of carbonyl (C=O) groups excluding carboxylic acids is 1. The molecule has 0 fully saturated rings. The van der Waals surface area contributed by atoms with Crippen molar-refractivity contribution in [2.75, 3.05) is 6.54 Å². The molecule has 2 aromatic heterocycles. The van der Waals surface area contributed by atoms with E-state index in [1.165, 1.54) is 11.1 Å². The fourth-order valence-electron chi connectivity index (χ4n) is 4.15. The van der Waals surface area contributed by atoms with Crippen molar-refractivity contribution >= 4 is 28.5 Å². The third-order valence-electron chi connectivity index (χ3n) is 6.09. The lowest BCUT2D eigenvalue weighted by molar-refractivity contribution is -0.124. The van der Waals surface area contributed by atoms with Crippen molar-refractivity contribution in [1.29, 1.82) is 0 Å². The Morgan fingerprint density at radius 1 is 1.09 bits per heavy atom. The first-order valence-corrected chi connectivity index (χ1v) is 11.7. The molecule has 33 heavy (non-hydrogen) atoms. The van der Waals surface area contributed by atoms with Crippen molar-refractivity contribution in [3.8, 4) is 0 Å². The molecule has 170 valence electrons. The average Bonchev–Trinajstić information content (AvgIpc) is 3.13. The van der Waals surface area contributed by atoms with Crippen LogP contribution in [0.4, 0.5) is 0 Å². The molecule has 6 heteroatoms. The second-order valence-electron chi connectivity index (χ2n) is 8.38. The Morgan fingerprint density at radius 2 is 1.85 bits per heavy atom. The van der Waals surface area contributed by atoms with Crippen molar-refractivity contribution < 1.29 is 4.79 Å². The maximum absolute atomic E-state index is 13.3. The summed E-state index contributed by atoms with van der Waals surface area (Å²) in [5.41, 5.74) is 6.20. The molecular formula is C27H29ClN4O. The third kappa shape index (κ3) is 5.09. The highest BCUT2D eigenvalue weighted by molar-refractivity contribution is 6.31. The molecule has 0 saturated heterocycles. The highest BCUT2D eigenvalue weighted by atomic mass is 35.5. The number of aryl methyl sites for hydroxylation is 2. The topological polar surface area (TPSA) is 59.8 Å². The number of hydrogen-bond donors (Lipinski definition) is 1. The molecule has 2 heterocycles. The molecule has 1 atom stereocenters. The van der Waals surface area contributed by atoms with Gasteiger partial charge in [-0.1, -0.05) is 42.8 Å². The lowest BCUT2D eigenvalue weighted by Crippen LogP contribution is -2.34. The Kier molecular flexibility index (Phi) is 7.09. The Bertz CT molecular complexity index is 1270. The van der Waals surface area contributed by atoms with Gasteiger partial charge in [-0.3, -0.25) is 9.78 Å². The molecular weight excluding hydrogens is 432 g/mol. The number of amides is 1. The smallest absolute Gasteiger partial charge is 0.243 e. The van der Waals surface area contributed by atoms with Gasteiger partial charge in [-0.15, -0.1) is 0 Å². The second kappa shape index (κ2) is 10.2. The van der Waals surface area contributed by atoms with Gasteiger partial charge in [-0.05, 0) is 67.3 Å². The summed E-state index contributed by atoms with van der Waals surface area (Å²) in [4.78, 5) is 22.6. The van der Waals surface area contributed by atoms with E-state index >= 15 is 0 Å². The first-order chi connectivity index (χ1) is 16.0. The number of hydrogen-bond acceptors (Lipinski definition) is 3. The summed E-state index contributed by atoms with van der Waals surface area (Å²) in [6, 6.07) is 17.5. The molecule has 0 bridgehead atoms. The van der Waals surface area contributed by atoms with Crippen LogP contribution in [0.3, 0.4) is 0 Å². The fourth-order valence-corrected chi connectivity index (χ4v) is 4.35. The molecule has 0 aliphatic rings. The first-order valence-electron chi connectivity index (χ1n) is 11.4. The van der Waals surface area contributed by atoms with E-state index in [1.807, 2.05) is 49.4 Å². The Labute approximate surface area is 199 Å². The van der Waals surface area contributed by atoms with Crippen molar-refractivity contribution in [2.45, 2.75) is 46.1 Å². The van der Waals surface area contributed by atoms with E-state index in [-0.39, 0.29) is 11.9 Å². The fraction of sp³-hybridized carbons (Fsp3) is 0.296. The van der Waals surface area contributed by atoms with Crippen molar-refractivity contribution in [2.24, 2.45) is 0 Å². The molecule has 0 radical (unpaired) electrons. The lowest BCUT2D eigenvalue weighted by atomic mass is 10.1. The van der Waals surface area contributed by atoms with E-state index in [0.717, 1.165) is 28.1 Å². The number of carbonyl (C=O) groups is 1. The third-order valence-corrected chi connectivity index (χ3v) is 6.46. The van der Waals surface area contributed by atoms with Crippen LogP contribution in [0.2, 0.25) is 5.02 Å². The van der Waals surface area contributed by atoms with E-state index in [1.54, 1.807) is 6.20 Å². The molecule has 0 saturated carbocycles. The first kappa shape index (κ1) is 23.0. The molecule has 1 N–H and O–H groups in total. The summed E-state index contributed by atoms with van der Waals surface area (Å²) in [5, 5.41) is 3.81. The number of nitrogens with zero attached hydrogens (tertiary/aromatic N) is 3. The van der Waals surface area contributed by atoms with Crippen molar-refractivity contribution in [3.63, 3.8) is 0 Å². The van der Waals surface area contributed by atoms with E-state index in [4.69, 9.17) is 16.6 Å². The Hall–Kier alpha value is -3.18. The van der Waals surface area contributed by atoms with Gasteiger partial charge in [0.2, 0.25) is 5.91 Å². The molecule has 0 unspecified atom stereocenters. The van der Waals surface area contributed by atoms with Gasteiger partial charge in [0, 0.05) is 36.3 Å². The van der Waals surface area contributed by atoms with E-state index in [2.05, 4.69) is 40.8 Å². The summed E-state index contributed by atoms with van der Waals surface area (Å²) >= 11 is 6.46. The number of fused-ring (bicyclic) bond motifs is 1. The number of nitrogens with one attached hydrogen (secondary N) is 1. The average molecular weight is 461 g/mol. The summed E-state index contributed by atoms with van der Waals surface area (Å²) in [5.74, 6) is 0.834. The predicted octanol–water partition coefficient (Wildman–Crippen LogP) is 5.60. The number of pyridine rings is 1. The van der Waals surface area contributed by atoms with Crippen LogP contribution in [-0.2, 0) is 17.6 Å². The quantitative estimate of drug-likeness (QED) is 0.372. The molecule has 0 aliphatic carbocycles. The minimum atomic E-state index is -0.363. The number of imidazole rings is 1. The summed E-state index contributed by atoms with van der Waals surface area (Å²) in [6.45, 7) is 6.75. The SMILES string of the molecule is CC[C@@H](C(=O)NCCc1ccccn1)n1c(Cc2ccccc2Cl)nc2cc(C)c(C)cc21. The highest BCUT2D eigenvalue weighted by Crippen LogP contribution is 2.29. The minimum Gasteiger partial charge on any atom is -0.354 e. The van der Waals surface area contributed by atoms with Crippen LogP contribution in [0, 0.1) is 13.8 Å². The molecule has 4 aromatic rings. The monoisotopic (exact) mass is 460 g/mol. The number of rotatable bonds is 8. The number of benzene rings is 2. The van der Waals surface area contributed by atoms with Gasteiger partial charge in [0.25, 0.3) is 0 Å². The summed E-state index contributed by atoms with van der Waals surface area (Å²) in [7, 11) is 0. The second-order valence-corrected chi connectivity index (χ2v) is 8.78. The van der Waals surface area contributed by atoms with E-state index < -0.39 is 0 Å². The van der Waals surface area contributed by atoms with Crippen LogP contribution in [0.1, 0.15) is 47.6 Å². The zero-order chi connectivity index (χ0) is 23.4. The van der Waals surface area contributed by atoms with Gasteiger partial charge in [0.05, 0.1) is 11.0 Å². The maximum atomic E-state index is 13.3. The highest BCUT2D eigenvalue weighted by Gasteiger charge is 2.25. The van der Waals surface area contributed by atoms with Crippen LogP contribution >= 0.6 is 11.6 Å². The molecule has 0 spiro atoms. The number of halogens is 1. The largest absolute Gasteiger partial charge is 0.354 e. The summed E-state index contributed by atoms with van der Waals surface area (Å²) < 4.78 is 2.10. The van der Waals surface area contributed by atoms with Gasteiger partial charge in [-0.2, -0.15) is 0 Å². The molecule has 1 amide bonds. The van der Waals surface area contributed by atoms with Gasteiger partial charge in [0.1, 0.15) is 11.9 Å². The molecule has 4 rings (SSSR count). The maximum Gasteiger partial charge on any atom is 0.243 e. The van der Waals surface area contributed by atoms with E-state index in [9.17, 15) is 4.79 Å². The Morgan fingerprint density at radius 3 is 2.58 bits per heavy atom. The molecule has 5 nitrogen and oxygen atoms in total. The zero-order valence-corrected chi connectivity index (χ0v) is 20.1. The van der Waals surface area contributed by atoms with Gasteiger partial charge >= 0.3 is 0 Å². The van der Waals surface area contributed by atoms with Crippen molar-refractivity contribution in [3.05, 3.63) is 94.0 Å². The molecule has 2 aromatic carbocycles. The van der Waals surface area contributed by atoms with Crippen LogP contribution in [0.25, 0.3) is 11.0 Å². The number of aromatic nitrogens is 3.